The molecular weight excluding hydrogens is 256 g/mol. The van der Waals surface area contributed by atoms with E-state index in [1.54, 1.807) is 23.9 Å². The number of amides is 1. The van der Waals surface area contributed by atoms with Crippen molar-refractivity contribution in [2.45, 2.75) is 18.7 Å². The van der Waals surface area contributed by atoms with E-state index in [0.717, 1.165) is 5.56 Å². The third kappa shape index (κ3) is 5.44. The first kappa shape index (κ1) is 16.3. The minimum absolute atomic E-state index is 0. The largest absolute Gasteiger partial charge is 0.351 e. The second-order valence-electron chi connectivity index (χ2n) is 3.66. The van der Waals surface area contributed by atoms with E-state index in [0.29, 0.717) is 23.9 Å². The van der Waals surface area contributed by atoms with Crippen LogP contribution in [0.1, 0.15) is 22.8 Å². The molecule has 0 heterocycles. The van der Waals surface area contributed by atoms with Gasteiger partial charge in [-0.2, -0.15) is 11.8 Å². The summed E-state index contributed by atoms with van der Waals surface area (Å²) in [5.74, 6) is -0.0236. The molecule has 3 N–H and O–H groups in total. The Kier molecular flexibility index (Phi) is 8.04. The number of rotatable bonds is 5. The number of nitrogens with two attached hydrogens (primary N) is 1. The van der Waals surface area contributed by atoms with Gasteiger partial charge in [0.1, 0.15) is 0 Å². The van der Waals surface area contributed by atoms with Crippen LogP contribution in [0.25, 0.3) is 0 Å². The Morgan fingerprint density at radius 2 is 2.00 bits per heavy atom. The van der Waals surface area contributed by atoms with Crippen molar-refractivity contribution in [3.05, 3.63) is 35.4 Å². The monoisotopic (exact) mass is 274 g/mol. The average Bonchev–Trinajstić information content (AvgIpc) is 2.35. The zero-order valence-electron chi connectivity index (χ0n) is 10.1. The fourth-order valence-electron chi connectivity index (χ4n) is 1.21. The maximum Gasteiger partial charge on any atom is 0.251 e. The summed E-state index contributed by atoms with van der Waals surface area (Å²) in [4.78, 5) is 11.7. The highest BCUT2D eigenvalue weighted by atomic mass is 35.5. The van der Waals surface area contributed by atoms with Crippen LogP contribution in [-0.2, 0) is 6.54 Å². The molecule has 0 radical (unpaired) electrons. The van der Waals surface area contributed by atoms with Crippen molar-refractivity contribution < 1.29 is 4.79 Å². The lowest BCUT2D eigenvalue weighted by Gasteiger charge is -2.10. The Bertz CT molecular complexity index is 343. The van der Waals surface area contributed by atoms with E-state index in [1.165, 1.54) is 0 Å². The Hall–Kier alpha value is -0.710. The highest BCUT2D eigenvalue weighted by Crippen LogP contribution is 2.05. The molecule has 3 nitrogen and oxygen atoms in total. The van der Waals surface area contributed by atoms with Gasteiger partial charge in [-0.1, -0.05) is 19.1 Å². The summed E-state index contributed by atoms with van der Waals surface area (Å²) in [5, 5.41) is 3.33. The van der Waals surface area contributed by atoms with Crippen molar-refractivity contribution in [1.82, 2.24) is 5.32 Å². The maximum absolute atomic E-state index is 11.7. The summed E-state index contributed by atoms with van der Waals surface area (Å²) in [7, 11) is 0. The van der Waals surface area contributed by atoms with Gasteiger partial charge >= 0.3 is 0 Å². The molecule has 1 rings (SSSR count). The molecule has 5 heteroatoms. The fraction of sp³-hybridized carbons (Fsp3) is 0.417. The Morgan fingerprint density at radius 3 is 2.47 bits per heavy atom. The van der Waals surface area contributed by atoms with Gasteiger partial charge in [-0.05, 0) is 24.0 Å². The predicted octanol–water partition coefficient (Wildman–Crippen LogP) is 2.05. The second kappa shape index (κ2) is 8.39. The van der Waals surface area contributed by atoms with Gasteiger partial charge in [0.05, 0.1) is 0 Å². The normalized spacial score (nSPS) is 11.5. The van der Waals surface area contributed by atoms with Crippen molar-refractivity contribution >= 4 is 30.1 Å². The molecule has 0 spiro atoms. The van der Waals surface area contributed by atoms with E-state index in [9.17, 15) is 4.79 Å². The molecule has 1 atom stereocenters. The molecule has 1 aromatic rings. The molecule has 1 amide bonds. The number of nitrogens with one attached hydrogen (secondary N) is 1. The summed E-state index contributed by atoms with van der Waals surface area (Å²) < 4.78 is 0. The van der Waals surface area contributed by atoms with Gasteiger partial charge in [-0.25, -0.2) is 0 Å². The number of benzene rings is 1. The van der Waals surface area contributed by atoms with Crippen LogP contribution in [0.2, 0.25) is 0 Å². The minimum Gasteiger partial charge on any atom is -0.351 e. The van der Waals surface area contributed by atoms with Crippen LogP contribution in [0, 0.1) is 0 Å². The molecule has 0 aliphatic heterocycles. The van der Waals surface area contributed by atoms with Crippen LogP contribution >= 0.6 is 24.2 Å². The minimum atomic E-state index is -0.0236. The highest BCUT2D eigenvalue weighted by molar-refractivity contribution is 7.99. The average molecular weight is 275 g/mol. The molecule has 0 saturated heterocycles. The Balaban J connectivity index is 0.00000256. The van der Waals surface area contributed by atoms with Gasteiger partial charge in [-0.15, -0.1) is 12.4 Å². The van der Waals surface area contributed by atoms with Crippen LogP contribution in [0.3, 0.4) is 0 Å². The first-order chi connectivity index (χ1) is 7.67. The fourth-order valence-corrected chi connectivity index (χ4v) is 1.46. The van der Waals surface area contributed by atoms with Crippen molar-refractivity contribution in [2.24, 2.45) is 5.73 Å². The van der Waals surface area contributed by atoms with Gasteiger partial charge < -0.3 is 11.1 Å². The third-order valence-electron chi connectivity index (χ3n) is 2.40. The SMILES string of the molecule is CSC(C)CNC(=O)c1ccc(CN)cc1.Cl. The van der Waals surface area contributed by atoms with Crippen molar-refractivity contribution in [3.63, 3.8) is 0 Å². The van der Waals surface area contributed by atoms with E-state index in [4.69, 9.17) is 5.73 Å². The molecular formula is C12H19ClN2OS. The second-order valence-corrected chi connectivity index (χ2v) is 4.93. The zero-order valence-corrected chi connectivity index (χ0v) is 11.7. The van der Waals surface area contributed by atoms with Gasteiger partial charge in [0.2, 0.25) is 0 Å². The topological polar surface area (TPSA) is 55.1 Å². The third-order valence-corrected chi connectivity index (χ3v) is 3.38. The quantitative estimate of drug-likeness (QED) is 0.864. The Labute approximate surface area is 113 Å². The summed E-state index contributed by atoms with van der Waals surface area (Å²) in [6.45, 7) is 3.28. The van der Waals surface area contributed by atoms with E-state index in [2.05, 4.69) is 12.2 Å². The van der Waals surface area contributed by atoms with Crippen LogP contribution in [0.5, 0.6) is 0 Å². The molecule has 1 aromatic carbocycles. The zero-order chi connectivity index (χ0) is 12.0. The van der Waals surface area contributed by atoms with E-state index < -0.39 is 0 Å². The van der Waals surface area contributed by atoms with Crippen molar-refractivity contribution in [2.75, 3.05) is 12.8 Å². The van der Waals surface area contributed by atoms with Gasteiger partial charge in [0.25, 0.3) is 5.91 Å². The molecule has 0 aromatic heterocycles. The van der Waals surface area contributed by atoms with E-state index in [1.807, 2.05) is 18.4 Å². The van der Waals surface area contributed by atoms with Gasteiger partial charge in [-0.3, -0.25) is 4.79 Å². The summed E-state index contributed by atoms with van der Waals surface area (Å²) >= 11 is 1.74. The van der Waals surface area contributed by atoms with Gasteiger partial charge in [0, 0.05) is 23.9 Å². The first-order valence-electron chi connectivity index (χ1n) is 5.27. The number of hydrogen-bond acceptors (Lipinski definition) is 3. The molecule has 0 bridgehead atoms. The number of thioether (sulfide) groups is 1. The summed E-state index contributed by atoms with van der Waals surface area (Å²) in [6.07, 6.45) is 2.03. The molecule has 17 heavy (non-hydrogen) atoms. The molecule has 0 fully saturated rings. The molecule has 96 valence electrons. The number of carbonyl (C=O) groups excluding carboxylic acids is 1. The maximum atomic E-state index is 11.7. The van der Waals surface area contributed by atoms with Crippen LogP contribution in [-0.4, -0.2) is 24.0 Å². The standard InChI is InChI=1S/C12H18N2OS.ClH/c1-9(16-2)8-14-12(15)11-5-3-10(7-13)4-6-11;/h3-6,9H,7-8,13H2,1-2H3,(H,14,15);1H. The number of halogens is 1. The molecule has 1 unspecified atom stereocenters. The molecule has 0 aliphatic rings. The van der Waals surface area contributed by atoms with Crippen LogP contribution in [0.15, 0.2) is 24.3 Å². The lowest BCUT2D eigenvalue weighted by molar-refractivity contribution is 0.0954. The Morgan fingerprint density at radius 1 is 1.41 bits per heavy atom. The van der Waals surface area contributed by atoms with E-state index >= 15 is 0 Å². The molecule has 0 aliphatic carbocycles. The van der Waals surface area contributed by atoms with Crippen LogP contribution < -0.4 is 11.1 Å². The lowest BCUT2D eigenvalue weighted by Crippen LogP contribution is -2.29. The van der Waals surface area contributed by atoms with Crippen LogP contribution in [0.4, 0.5) is 0 Å². The first-order valence-corrected chi connectivity index (χ1v) is 6.56. The molecule has 0 saturated carbocycles. The van der Waals surface area contributed by atoms with Gasteiger partial charge in [0.15, 0.2) is 0 Å². The van der Waals surface area contributed by atoms with Crippen molar-refractivity contribution in [1.29, 1.82) is 0 Å². The predicted molar refractivity (Wildman–Crippen MR) is 76.9 cm³/mol. The number of hydrogen-bond donors (Lipinski definition) is 2. The lowest BCUT2D eigenvalue weighted by atomic mass is 10.1. The van der Waals surface area contributed by atoms with Crippen molar-refractivity contribution in [3.8, 4) is 0 Å². The summed E-state index contributed by atoms with van der Waals surface area (Å²) in [6, 6.07) is 7.38. The summed E-state index contributed by atoms with van der Waals surface area (Å²) in [5.41, 5.74) is 7.21. The highest BCUT2D eigenvalue weighted by Gasteiger charge is 2.06. The number of carbonyl (C=O) groups is 1. The van der Waals surface area contributed by atoms with E-state index in [-0.39, 0.29) is 18.3 Å². The smallest absolute Gasteiger partial charge is 0.251 e.